The van der Waals surface area contributed by atoms with Gasteiger partial charge in [0.05, 0.1) is 34.9 Å². The molecule has 0 radical (unpaired) electrons. The molecule has 2 aromatic rings. The van der Waals surface area contributed by atoms with Gasteiger partial charge in [-0.2, -0.15) is 0 Å². The molecule has 1 atom stereocenters. The molecule has 1 aliphatic rings. The van der Waals surface area contributed by atoms with Gasteiger partial charge < -0.3 is 23.8 Å². The molecule has 1 amide bonds. The minimum Gasteiger partial charge on any atom is -0.493 e. The van der Waals surface area contributed by atoms with Crippen LogP contribution in [0.3, 0.4) is 0 Å². The van der Waals surface area contributed by atoms with Crippen LogP contribution in [0.1, 0.15) is 23.6 Å². The van der Waals surface area contributed by atoms with E-state index in [-0.39, 0.29) is 5.91 Å². The summed E-state index contributed by atoms with van der Waals surface area (Å²) in [6, 6.07) is 10.2. The molecule has 1 aliphatic heterocycles. The second kappa shape index (κ2) is 12.3. The first-order valence-electron chi connectivity index (χ1n) is 11.7. The fourth-order valence-electron chi connectivity index (χ4n) is 4.04. The maximum Gasteiger partial charge on any atom is 0.231 e. The van der Waals surface area contributed by atoms with Crippen molar-refractivity contribution >= 4 is 12.0 Å². The van der Waals surface area contributed by atoms with E-state index < -0.39 is 0 Å². The van der Waals surface area contributed by atoms with Gasteiger partial charge in [-0.05, 0) is 67.4 Å². The average molecular weight is 481 g/mol. The van der Waals surface area contributed by atoms with E-state index in [0.29, 0.717) is 30.5 Å². The number of carbonyl (C=O) groups excluding carboxylic acids is 1. The molecule has 1 heterocycles. The third kappa shape index (κ3) is 6.57. The van der Waals surface area contributed by atoms with Gasteiger partial charge in [-0.15, -0.1) is 0 Å². The highest BCUT2D eigenvalue weighted by atomic mass is 16.5. The number of amides is 1. The molecule has 0 aliphatic carbocycles. The summed E-state index contributed by atoms with van der Waals surface area (Å²) in [5.74, 6) is 2.81. The number of rotatable bonds is 11. The van der Waals surface area contributed by atoms with Crippen LogP contribution in [-0.4, -0.2) is 70.3 Å². The highest BCUT2D eigenvalue weighted by Crippen LogP contribution is 2.33. The van der Waals surface area contributed by atoms with Crippen LogP contribution in [0.2, 0.25) is 0 Å². The van der Waals surface area contributed by atoms with E-state index in [0.717, 1.165) is 35.6 Å². The van der Waals surface area contributed by atoms with Crippen molar-refractivity contribution in [3.63, 3.8) is 0 Å². The molecule has 0 unspecified atom stereocenters. The van der Waals surface area contributed by atoms with Crippen LogP contribution >= 0.6 is 0 Å². The molecule has 7 nitrogen and oxygen atoms in total. The predicted octanol–water partition coefficient (Wildman–Crippen LogP) is 4.20. The average Bonchev–Trinajstić information content (AvgIpc) is 3.02. The summed E-state index contributed by atoms with van der Waals surface area (Å²) in [4.78, 5) is 16.8. The van der Waals surface area contributed by atoms with Crippen molar-refractivity contribution in [2.45, 2.75) is 25.8 Å². The van der Waals surface area contributed by atoms with Crippen molar-refractivity contribution in [2.75, 3.05) is 48.6 Å². The SMILES string of the molecule is COc1ccc(C[C@H](C)N(C)C/C=C/CN2C=Cc3cc(OC)c(OC)cc3CC2=O)cc1OC. The van der Waals surface area contributed by atoms with Gasteiger partial charge in [0.15, 0.2) is 23.0 Å². The van der Waals surface area contributed by atoms with Crippen molar-refractivity contribution in [3.05, 3.63) is 65.4 Å². The zero-order valence-electron chi connectivity index (χ0n) is 21.5. The third-order valence-corrected chi connectivity index (χ3v) is 6.34. The Morgan fingerprint density at radius 2 is 1.60 bits per heavy atom. The Morgan fingerprint density at radius 3 is 2.29 bits per heavy atom. The Bertz CT molecular complexity index is 1080. The summed E-state index contributed by atoms with van der Waals surface area (Å²) in [5, 5.41) is 0. The molecule has 188 valence electrons. The van der Waals surface area contributed by atoms with Crippen LogP contribution in [0.5, 0.6) is 23.0 Å². The van der Waals surface area contributed by atoms with Gasteiger partial charge in [-0.25, -0.2) is 0 Å². The van der Waals surface area contributed by atoms with Crippen molar-refractivity contribution < 1.29 is 23.7 Å². The van der Waals surface area contributed by atoms with Crippen LogP contribution in [-0.2, 0) is 17.6 Å². The Hall–Kier alpha value is -3.45. The van der Waals surface area contributed by atoms with Gasteiger partial charge in [-0.1, -0.05) is 18.2 Å². The van der Waals surface area contributed by atoms with E-state index >= 15 is 0 Å². The summed E-state index contributed by atoms with van der Waals surface area (Å²) < 4.78 is 21.5. The second-order valence-electron chi connectivity index (χ2n) is 8.60. The lowest BCUT2D eigenvalue weighted by Crippen LogP contribution is -2.31. The zero-order chi connectivity index (χ0) is 25.4. The van der Waals surface area contributed by atoms with Crippen LogP contribution in [0.4, 0.5) is 0 Å². The Labute approximate surface area is 208 Å². The summed E-state index contributed by atoms with van der Waals surface area (Å²) >= 11 is 0. The smallest absolute Gasteiger partial charge is 0.231 e. The van der Waals surface area contributed by atoms with E-state index in [9.17, 15) is 4.79 Å². The lowest BCUT2D eigenvalue weighted by Gasteiger charge is -2.24. The lowest BCUT2D eigenvalue weighted by atomic mass is 10.0. The number of carbonyl (C=O) groups is 1. The number of fused-ring (bicyclic) bond motifs is 1. The molecule has 7 heteroatoms. The molecular formula is C28H36N2O5. The van der Waals surface area contributed by atoms with E-state index in [1.54, 1.807) is 33.3 Å². The van der Waals surface area contributed by atoms with E-state index in [4.69, 9.17) is 18.9 Å². The first-order valence-corrected chi connectivity index (χ1v) is 11.7. The van der Waals surface area contributed by atoms with E-state index in [2.05, 4.69) is 31.0 Å². The highest BCUT2D eigenvalue weighted by Gasteiger charge is 2.19. The third-order valence-electron chi connectivity index (χ3n) is 6.34. The summed E-state index contributed by atoms with van der Waals surface area (Å²) in [6.45, 7) is 3.51. The molecule has 0 saturated heterocycles. The minimum absolute atomic E-state index is 0.0482. The molecule has 0 aromatic heterocycles. The maximum absolute atomic E-state index is 12.8. The van der Waals surface area contributed by atoms with Gasteiger partial charge >= 0.3 is 0 Å². The Balaban J connectivity index is 1.55. The first-order chi connectivity index (χ1) is 16.9. The van der Waals surface area contributed by atoms with Gasteiger partial charge in [0.2, 0.25) is 5.91 Å². The summed E-state index contributed by atoms with van der Waals surface area (Å²) in [5.41, 5.74) is 3.09. The maximum atomic E-state index is 12.8. The number of ether oxygens (including phenoxy) is 4. The molecule has 0 fully saturated rings. The fraction of sp³-hybridized carbons (Fsp3) is 0.393. The number of likely N-dealkylation sites (N-methyl/N-ethyl adjacent to an activating group) is 1. The van der Waals surface area contributed by atoms with Crippen molar-refractivity contribution in [3.8, 4) is 23.0 Å². The monoisotopic (exact) mass is 480 g/mol. The van der Waals surface area contributed by atoms with Crippen molar-refractivity contribution in [1.82, 2.24) is 9.80 Å². The number of nitrogens with zero attached hydrogens (tertiary/aromatic N) is 2. The number of methoxy groups -OCH3 is 4. The number of hydrogen-bond acceptors (Lipinski definition) is 6. The second-order valence-corrected chi connectivity index (χ2v) is 8.60. The molecule has 2 aromatic carbocycles. The van der Waals surface area contributed by atoms with E-state index in [1.807, 2.05) is 42.6 Å². The van der Waals surface area contributed by atoms with Gasteiger partial charge in [0, 0.05) is 25.3 Å². The largest absolute Gasteiger partial charge is 0.493 e. The molecule has 0 saturated carbocycles. The predicted molar refractivity (Wildman–Crippen MR) is 138 cm³/mol. The molecule has 3 rings (SSSR count). The quantitative estimate of drug-likeness (QED) is 0.450. The first kappa shape index (κ1) is 26.2. The van der Waals surface area contributed by atoms with Crippen LogP contribution in [0.15, 0.2) is 48.7 Å². The molecule has 0 bridgehead atoms. The van der Waals surface area contributed by atoms with Gasteiger partial charge in [-0.3, -0.25) is 9.69 Å². The molecule has 35 heavy (non-hydrogen) atoms. The normalized spacial score (nSPS) is 14.1. The standard InChI is InChI=1S/C28H36N2O5/c1-20(15-21-9-10-24(32-3)25(16-21)33-4)29(2)12-7-8-13-30-14-11-22-17-26(34-5)27(35-6)18-23(22)19-28(30)31/h7-11,14,16-18,20H,12-13,15,19H2,1-6H3/b8-7+/t20-/m0/s1. The Kier molecular flexibility index (Phi) is 9.20. The van der Waals surface area contributed by atoms with Crippen LogP contribution in [0, 0.1) is 0 Å². The van der Waals surface area contributed by atoms with Gasteiger partial charge in [0.1, 0.15) is 0 Å². The summed E-state index contributed by atoms with van der Waals surface area (Å²) in [6.07, 6.45) is 9.15. The van der Waals surface area contributed by atoms with E-state index in [1.165, 1.54) is 5.56 Å². The minimum atomic E-state index is 0.0482. The molecule has 0 spiro atoms. The van der Waals surface area contributed by atoms with Crippen LogP contribution in [0.25, 0.3) is 6.08 Å². The molecule has 0 N–H and O–H groups in total. The van der Waals surface area contributed by atoms with Gasteiger partial charge in [0.25, 0.3) is 0 Å². The topological polar surface area (TPSA) is 60.5 Å². The Morgan fingerprint density at radius 1 is 0.943 bits per heavy atom. The highest BCUT2D eigenvalue weighted by molar-refractivity contribution is 5.84. The molecular weight excluding hydrogens is 444 g/mol. The zero-order valence-corrected chi connectivity index (χ0v) is 21.5. The fourth-order valence-corrected chi connectivity index (χ4v) is 4.04. The lowest BCUT2D eigenvalue weighted by molar-refractivity contribution is -0.127. The number of hydrogen-bond donors (Lipinski definition) is 0. The number of benzene rings is 2. The van der Waals surface area contributed by atoms with Crippen LogP contribution < -0.4 is 18.9 Å². The van der Waals surface area contributed by atoms with Crippen molar-refractivity contribution in [2.24, 2.45) is 0 Å². The summed E-state index contributed by atoms with van der Waals surface area (Å²) in [7, 11) is 8.60. The van der Waals surface area contributed by atoms with Crippen molar-refractivity contribution in [1.29, 1.82) is 0 Å².